The van der Waals surface area contributed by atoms with E-state index in [0.717, 1.165) is 22.4 Å². The van der Waals surface area contributed by atoms with E-state index >= 15 is 0 Å². The van der Waals surface area contributed by atoms with Crippen molar-refractivity contribution in [1.29, 1.82) is 0 Å². The summed E-state index contributed by atoms with van der Waals surface area (Å²) in [6.45, 7) is 2.34. The van der Waals surface area contributed by atoms with Gasteiger partial charge in [0.15, 0.2) is 5.58 Å². The first-order valence-corrected chi connectivity index (χ1v) is 14.8. The molecule has 0 bridgehead atoms. The SMILES string of the molecule is Cc1cccc(Cl)c1Nc1nc2ccc(CC(=O)N(C)c3ccc(C4CN(C(=O)c5ccncc5)CC4C(=O)O)cc3)cc2o1. The maximum absolute atomic E-state index is 13.2. The molecule has 2 aromatic heterocycles. The van der Waals surface area contributed by atoms with Crippen LogP contribution >= 0.6 is 11.6 Å². The van der Waals surface area contributed by atoms with Crippen LogP contribution in [0, 0.1) is 12.8 Å². The molecule has 2 unspecified atom stereocenters. The molecule has 3 aromatic carbocycles. The van der Waals surface area contributed by atoms with Gasteiger partial charge in [-0.25, -0.2) is 0 Å². The molecule has 0 spiro atoms. The van der Waals surface area contributed by atoms with Crippen LogP contribution < -0.4 is 10.2 Å². The number of amides is 2. The Balaban J connectivity index is 1.12. The molecule has 0 saturated carbocycles. The molecule has 1 aliphatic rings. The standard InChI is InChI=1S/C34H30ClN5O5/c1-20-4-3-5-27(35)31(20)38-34-37-28-11-6-21(16-29(28)45-34)17-30(41)39(2)24-9-7-22(8-10-24)25-18-40(19-26(25)33(43)44)32(42)23-12-14-36-15-13-23/h3-16,25-26H,17-19H2,1-2H3,(H,37,38)(H,43,44). The van der Waals surface area contributed by atoms with Gasteiger partial charge < -0.3 is 24.6 Å². The molecule has 2 atom stereocenters. The topological polar surface area (TPSA) is 129 Å². The number of pyridine rings is 1. The highest BCUT2D eigenvalue weighted by Gasteiger charge is 2.40. The zero-order chi connectivity index (χ0) is 31.7. The number of benzene rings is 3. The zero-order valence-corrected chi connectivity index (χ0v) is 25.4. The number of halogens is 1. The van der Waals surface area contributed by atoms with Gasteiger partial charge in [0, 0.05) is 49.7 Å². The smallest absolute Gasteiger partial charge is 0.308 e. The number of aliphatic carboxylic acids is 1. The van der Waals surface area contributed by atoms with Gasteiger partial charge in [-0.15, -0.1) is 0 Å². The number of oxazole rings is 1. The van der Waals surface area contributed by atoms with Crippen molar-refractivity contribution in [1.82, 2.24) is 14.9 Å². The van der Waals surface area contributed by atoms with Crippen LogP contribution in [0.5, 0.6) is 0 Å². The second kappa shape index (κ2) is 12.4. The Morgan fingerprint density at radius 3 is 2.51 bits per heavy atom. The van der Waals surface area contributed by atoms with Gasteiger partial charge in [-0.3, -0.25) is 19.4 Å². The van der Waals surface area contributed by atoms with Crippen molar-refractivity contribution >= 4 is 57.9 Å². The molecule has 1 aliphatic heterocycles. The van der Waals surface area contributed by atoms with Crippen LogP contribution in [0.15, 0.2) is 89.6 Å². The lowest BCUT2D eigenvalue weighted by atomic mass is 9.89. The van der Waals surface area contributed by atoms with E-state index in [4.69, 9.17) is 16.0 Å². The first-order valence-electron chi connectivity index (χ1n) is 14.4. The van der Waals surface area contributed by atoms with Gasteiger partial charge in [0.25, 0.3) is 11.9 Å². The van der Waals surface area contributed by atoms with Crippen LogP contribution in [-0.2, 0) is 16.0 Å². The molecule has 10 nitrogen and oxygen atoms in total. The van der Waals surface area contributed by atoms with E-state index in [9.17, 15) is 19.5 Å². The van der Waals surface area contributed by atoms with Crippen molar-refractivity contribution in [3.8, 4) is 0 Å². The van der Waals surface area contributed by atoms with Gasteiger partial charge in [-0.05, 0) is 66.1 Å². The zero-order valence-electron chi connectivity index (χ0n) is 24.6. The number of fused-ring (bicyclic) bond motifs is 1. The number of rotatable bonds is 8. The Morgan fingerprint density at radius 1 is 1.04 bits per heavy atom. The molecule has 1 saturated heterocycles. The molecule has 2 N–H and O–H groups in total. The molecule has 2 amide bonds. The Labute approximate surface area is 264 Å². The first kappa shape index (κ1) is 29.8. The number of likely N-dealkylation sites (tertiary alicyclic amines) is 1. The summed E-state index contributed by atoms with van der Waals surface area (Å²) < 4.78 is 5.91. The van der Waals surface area contributed by atoms with E-state index in [1.807, 2.05) is 43.3 Å². The highest BCUT2D eigenvalue weighted by molar-refractivity contribution is 6.33. The molecule has 0 aliphatic carbocycles. The number of carboxylic acid groups (broad SMARTS) is 1. The van der Waals surface area contributed by atoms with Crippen molar-refractivity contribution < 1.29 is 23.9 Å². The lowest BCUT2D eigenvalue weighted by molar-refractivity contribution is -0.141. The summed E-state index contributed by atoms with van der Waals surface area (Å²) >= 11 is 6.33. The number of aryl methyl sites for hydroxylation is 1. The number of likely N-dealkylation sites (N-methyl/N-ethyl adjacent to an activating group) is 1. The molecule has 0 radical (unpaired) electrons. The van der Waals surface area contributed by atoms with E-state index in [1.54, 1.807) is 53.2 Å². The van der Waals surface area contributed by atoms with Crippen molar-refractivity contribution in [2.75, 3.05) is 30.4 Å². The van der Waals surface area contributed by atoms with E-state index in [-0.39, 0.29) is 37.2 Å². The minimum absolute atomic E-state index is 0.119. The molecule has 1 fully saturated rings. The van der Waals surface area contributed by atoms with Gasteiger partial charge in [0.1, 0.15) is 5.52 Å². The number of aromatic nitrogens is 2. The van der Waals surface area contributed by atoms with Crippen LogP contribution in [0.1, 0.15) is 33.0 Å². The third-order valence-corrected chi connectivity index (χ3v) is 8.51. The second-order valence-electron chi connectivity index (χ2n) is 11.1. The number of anilines is 3. The fourth-order valence-corrected chi connectivity index (χ4v) is 5.92. The van der Waals surface area contributed by atoms with Crippen molar-refractivity contribution in [3.63, 3.8) is 0 Å². The van der Waals surface area contributed by atoms with Gasteiger partial charge in [0.2, 0.25) is 5.91 Å². The normalized spacial score (nSPS) is 16.1. The van der Waals surface area contributed by atoms with E-state index < -0.39 is 11.9 Å². The number of nitrogens with zero attached hydrogens (tertiary/aromatic N) is 4. The molecule has 45 heavy (non-hydrogen) atoms. The Hall–Kier alpha value is -5.22. The van der Waals surface area contributed by atoms with Crippen molar-refractivity contribution in [2.24, 2.45) is 5.92 Å². The third-order valence-electron chi connectivity index (χ3n) is 8.20. The van der Waals surface area contributed by atoms with E-state index in [0.29, 0.717) is 33.4 Å². The predicted molar refractivity (Wildman–Crippen MR) is 171 cm³/mol. The Kier molecular flexibility index (Phi) is 8.23. The molecule has 3 heterocycles. The van der Waals surface area contributed by atoms with Crippen molar-refractivity contribution in [2.45, 2.75) is 19.3 Å². The fourth-order valence-electron chi connectivity index (χ4n) is 5.65. The number of hydrogen-bond acceptors (Lipinski definition) is 7. The number of hydrogen-bond donors (Lipinski definition) is 2. The second-order valence-corrected chi connectivity index (χ2v) is 11.5. The largest absolute Gasteiger partial charge is 0.481 e. The number of carboxylic acids is 1. The molecule has 6 rings (SSSR count). The summed E-state index contributed by atoms with van der Waals surface area (Å²) in [5.41, 5.74) is 5.56. The van der Waals surface area contributed by atoms with Gasteiger partial charge in [-0.2, -0.15) is 4.98 Å². The lowest BCUT2D eigenvalue weighted by Gasteiger charge is -2.20. The minimum Gasteiger partial charge on any atom is -0.481 e. The summed E-state index contributed by atoms with van der Waals surface area (Å²) in [5.74, 6) is -2.42. The Bertz CT molecular complexity index is 1870. The van der Waals surface area contributed by atoms with Crippen LogP contribution in [0.3, 0.4) is 0 Å². The number of carbonyl (C=O) groups is 3. The summed E-state index contributed by atoms with van der Waals surface area (Å²) in [6, 6.07) is 21.8. The summed E-state index contributed by atoms with van der Waals surface area (Å²) in [4.78, 5) is 49.9. The van der Waals surface area contributed by atoms with E-state index in [2.05, 4.69) is 15.3 Å². The Morgan fingerprint density at radius 2 is 1.80 bits per heavy atom. The fraction of sp³-hybridized carbons (Fsp3) is 0.206. The summed E-state index contributed by atoms with van der Waals surface area (Å²) in [6.07, 6.45) is 3.21. The van der Waals surface area contributed by atoms with Crippen LogP contribution in [0.2, 0.25) is 5.02 Å². The molecule has 228 valence electrons. The monoisotopic (exact) mass is 623 g/mol. The van der Waals surface area contributed by atoms with Gasteiger partial charge in [-0.1, -0.05) is 41.9 Å². The van der Waals surface area contributed by atoms with E-state index in [1.165, 1.54) is 12.4 Å². The number of carbonyl (C=O) groups excluding carboxylic acids is 2. The predicted octanol–water partition coefficient (Wildman–Crippen LogP) is 6.07. The molecule has 11 heteroatoms. The maximum atomic E-state index is 13.2. The average Bonchev–Trinajstić information content (AvgIpc) is 3.67. The number of nitrogens with one attached hydrogen (secondary N) is 1. The highest BCUT2D eigenvalue weighted by atomic mass is 35.5. The summed E-state index contributed by atoms with van der Waals surface area (Å²) in [5, 5.41) is 13.6. The quantitative estimate of drug-likeness (QED) is 0.213. The van der Waals surface area contributed by atoms with Crippen LogP contribution in [0.25, 0.3) is 11.1 Å². The molecular weight excluding hydrogens is 594 g/mol. The molecular formula is C34H30ClN5O5. The van der Waals surface area contributed by atoms with Crippen LogP contribution in [0.4, 0.5) is 17.4 Å². The lowest BCUT2D eigenvalue weighted by Crippen LogP contribution is -2.29. The van der Waals surface area contributed by atoms with Gasteiger partial charge >= 0.3 is 5.97 Å². The average molecular weight is 624 g/mol. The van der Waals surface area contributed by atoms with Crippen LogP contribution in [-0.4, -0.2) is 57.9 Å². The third kappa shape index (κ3) is 6.23. The van der Waals surface area contributed by atoms with Crippen molar-refractivity contribution in [3.05, 3.63) is 112 Å². The van der Waals surface area contributed by atoms with Gasteiger partial charge in [0.05, 0.1) is 23.0 Å². The summed E-state index contributed by atoms with van der Waals surface area (Å²) in [7, 11) is 1.70. The number of para-hydroxylation sites is 1. The minimum atomic E-state index is -0.952. The highest BCUT2D eigenvalue weighted by Crippen LogP contribution is 2.35. The maximum Gasteiger partial charge on any atom is 0.308 e. The molecule has 5 aromatic rings. The first-order chi connectivity index (χ1) is 21.7.